The topological polar surface area (TPSA) is 38.3 Å². The van der Waals surface area contributed by atoms with E-state index < -0.39 is 11.6 Å². The summed E-state index contributed by atoms with van der Waals surface area (Å²) < 4.78 is 5.80. The van der Waals surface area contributed by atoms with Crippen molar-refractivity contribution in [3.63, 3.8) is 0 Å². The van der Waals surface area contributed by atoms with Gasteiger partial charge in [-0.3, -0.25) is 4.79 Å². The van der Waals surface area contributed by atoms with E-state index in [-0.39, 0.29) is 5.91 Å². The van der Waals surface area contributed by atoms with Crippen molar-refractivity contribution in [1.82, 2.24) is 5.32 Å². The Morgan fingerprint density at radius 1 is 1.35 bits per heavy atom. The SMILES string of the molecule is C#CC(C)(C)NC(=O)C(CC)Oc1cc(C)cc(C)c1. The van der Waals surface area contributed by atoms with E-state index in [2.05, 4.69) is 17.3 Å². The average Bonchev–Trinajstić information content (AvgIpc) is 2.34. The molecule has 1 atom stereocenters. The summed E-state index contributed by atoms with van der Waals surface area (Å²) in [6, 6.07) is 5.92. The standard InChI is InChI=1S/C17H23NO2/c1-7-15(16(19)18-17(5,6)8-2)20-14-10-12(3)9-13(4)11-14/h2,9-11,15H,7H2,1,3-6H3,(H,18,19). The summed E-state index contributed by atoms with van der Waals surface area (Å²) >= 11 is 0. The molecule has 3 heteroatoms. The Kier molecular flexibility index (Phi) is 5.21. The molecule has 1 aromatic carbocycles. The molecule has 1 unspecified atom stereocenters. The number of ether oxygens (including phenoxy) is 1. The first kappa shape index (κ1) is 16.1. The highest BCUT2D eigenvalue weighted by molar-refractivity contribution is 5.82. The first-order valence-corrected chi connectivity index (χ1v) is 6.82. The third kappa shape index (κ3) is 4.62. The summed E-state index contributed by atoms with van der Waals surface area (Å²) in [7, 11) is 0. The highest BCUT2D eigenvalue weighted by Gasteiger charge is 2.24. The van der Waals surface area contributed by atoms with Gasteiger partial charge in [-0.05, 0) is 57.4 Å². The molecule has 108 valence electrons. The van der Waals surface area contributed by atoms with Gasteiger partial charge in [-0.2, -0.15) is 0 Å². The first-order chi connectivity index (χ1) is 9.27. The number of aryl methyl sites for hydroxylation is 2. The quantitative estimate of drug-likeness (QED) is 0.838. The van der Waals surface area contributed by atoms with Crippen LogP contribution in [0, 0.1) is 26.2 Å². The molecular weight excluding hydrogens is 250 g/mol. The van der Waals surface area contributed by atoms with Crippen molar-refractivity contribution >= 4 is 5.91 Å². The second kappa shape index (κ2) is 6.47. The zero-order valence-corrected chi connectivity index (χ0v) is 12.9. The van der Waals surface area contributed by atoms with Crippen molar-refractivity contribution in [3.8, 4) is 18.1 Å². The maximum atomic E-state index is 12.2. The van der Waals surface area contributed by atoms with Crippen LogP contribution in [0.1, 0.15) is 38.3 Å². The molecule has 1 aromatic rings. The van der Waals surface area contributed by atoms with Gasteiger partial charge in [0, 0.05) is 0 Å². The number of carbonyl (C=O) groups is 1. The normalized spacial score (nSPS) is 12.4. The second-order valence-electron chi connectivity index (χ2n) is 5.60. The van der Waals surface area contributed by atoms with Gasteiger partial charge in [0.2, 0.25) is 0 Å². The lowest BCUT2D eigenvalue weighted by atomic mass is 10.1. The van der Waals surface area contributed by atoms with Crippen molar-refractivity contribution in [2.75, 3.05) is 0 Å². The van der Waals surface area contributed by atoms with Crippen molar-refractivity contribution in [1.29, 1.82) is 0 Å². The maximum Gasteiger partial charge on any atom is 0.262 e. The van der Waals surface area contributed by atoms with Crippen LogP contribution in [-0.4, -0.2) is 17.6 Å². The van der Waals surface area contributed by atoms with Crippen molar-refractivity contribution in [2.45, 2.75) is 52.7 Å². The number of benzene rings is 1. The summed E-state index contributed by atoms with van der Waals surface area (Å²) in [5, 5.41) is 2.81. The molecule has 0 aliphatic heterocycles. The Labute approximate surface area is 121 Å². The minimum Gasteiger partial charge on any atom is -0.481 e. The predicted molar refractivity (Wildman–Crippen MR) is 81.7 cm³/mol. The summed E-state index contributed by atoms with van der Waals surface area (Å²) in [6.45, 7) is 9.49. The molecule has 0 aliphatic rings. The third-order valence-electron chi connectivity index (χ3n) is 2.93. The molecule has 0 radical (unpaired) electrons. The third-order valence-corrected chi connectivity index (χ3v) is 2.93. The van der Waals surface area contributed by atoms with E-state index in [0.717, 1.165) is 11.1 Å². The van der Waals surface area contributed by atoms with Gasteiger partial charge in [0.1, 0.15) is 5.75 Å². The van der Waals surface area contributed by atoms with Gasteiger partial charge in [0.05, 0.1) is 5.54 Å². The predicted octanol–water partition coefficient (Wildman–Crippen LogP) is 2.99. The zero-order chi connectivity index (χ0) is 15.3. The average molecular weight is 273 g/mol. The van der Waals surface area contributed by atoms with E-state index in [1.807, 2.05) is 32.9 Å². The number of terminal acetylenes is 1. The summed E-state index contributed by atoms with van der Waals surface area (Å²) in [5.41, 5.74) is 1.55. The van der Waals surface area contributed by atoms with E-state index in [9.17, 15) is 4.79 Å². The zero-order valence-electron chi connectivity index (χ0n) is 12.9. The molecule has 20 heavy (non-hydrogen) atoms. The maximum absolute atomic E-state index is 12.2. The highest BCUT2D eigenvalue weighted by atomic mass is 16.5. The van der Waals surface area contributed by atoms with Crippen LogP contribution in [0.15, 0.2) is 18.2 Å². The van der Waals surface area contributed by atoms with E-state index >= 15 is 0 Å². The van der Waals surface area contributed by atoms with Crippen molar-refractivity contribution < 1.29 is 9.53 Å². The smallest absolute Gasteiger partial charge is 0.262 e. The van der Waals surface area contributed by atoms with E-state index in [4.69, 9.17) is 11.2 Å². The van der Waals surface area contributed by atoms with Crippen LogP contribution in [0.4, 0.5) is 0 Å². The molecule has 1 N–H and O–H groups in total. The van der Waals surface area contributed by atoms with Crippen LogP contribution in [0.25, 0.3) is 0 Å². The summed E-state index contributed by atoms with van der Waals surface area (Å²) in [5.74, 6) is 3.07. The highest BCUT2D eigenvalue weighted by Crippen LogP contribution is 2.18. The fourth-order valence-corrected chi connectivity index (χ4v) is 1.91. The van der Waals surface area contributed by atoms with E-state index in [1.54, 1.807) is 13.8 Å². The number of hydrogen-bond donors (Lipinski definition) is 1. The van der Waals surface area contributed by atoms with Gasteiger partial charge in [0.15, 0.2) is 6.10 Å². The van der Waals surface area contributed by atoms with Crippen LogP contribution in [0.3, 0.4) is 0 Å². The van der Waals surface area contributed by atoms with Gasteiger partial charge in [-0.1, -0.05) is 18.9 Å². The molecule has 0 saturated heterocycles. The molecule has 0 aliphatic carbocycles. The fraction of sp³-hybridized carbons (Fsp3) is 0.471. The monoisotopic (exact) mass is 273 g/mol. The van der Waals surface area contributed by atoms with Crippen LogP contribution in [0.2, 0.25) is 0 Å². The lowest BCUT2D eigenvalue weighted by Gasteiger charge is -2.24. The van der Waals surface area contributed by atoms with Gasteiger partial charge in [-0.25, -0.2) is 0 Å². The molecule has 0 heterocycles. The van der Waals surface area contributed by atoms with Crippen molar-refractivity contribution in [3.05, 3.63) is 29.3 Å². The van der Waals surface area contributed by atoms with E-state index in [0.29, 0.717) is 12.2 Å². The van der Waals surface area contributed by atoms with Crippen LogP contribution in [-0.2, 0) is 4.79 Å². The Morgan fingerprint density at radius 3 is 2.35 bits per heavy atom. The minimum atomic E-state index is -0.670. The van der Waals surface area contributed by atoms with Gasteiger partial charge < -0.3 is 10.1 Å². The Balaban J connectivity index is 2.82. The Hall–Kier alpha value is -1.95. The second-order valence-corrected chi connectivity index (χ2v) is 5.60. The lowest BCUT2D eigenvalue weighted by Crippen LogP contribution is -2.48. The molecule has 0 saturated carbocycles. The van der Waals surface area contributed by atoms with Gasteiger partial charge in [-0.15, -0.1) is 6.42 Å². The molecule has 0 fully saturated rings. The summed E-state index contributed by atoms with van der Waals surface area (Å²) in [6.07, 6.45) is 5.43. The molecule has 3 nitrogen and oxygen atoms in total. The summed E-state index contributed by atoms with van der Waals surface area (Å²) in [4.78, 5) is 12.2. The van der Waals surface area contributed by atoms with Crippen molar-refractivity contribution in [2.24, 2.45) is 0 Å². The molecule has 1 amide bonds. The fourth-order valence-electron chi connectivity index (χ4n) is 1.91. The van der Waals surface area contributed by atoms with Crippen LogP contribution >= 0.6 is 0 Å². The molecule has 0 spiro atoms. The molecule has 0 bridgehead atoms. The molecule has 0 aromatic heterocycles. The number of rotatable bonds is 5. The largest absolute Gasteiger partial charge is 0.481 e. The van der Waals surface area contributed by atoms with Crippen LogP contribution in [0.5, 0.6) is 5.75 Å². The lowest BCUT2D eigenvalue weighted by molar-refractivity contribution is -0.129. The number of nitrogens with one attached hydrogen (secondary N) is 1. The molecular formula is C17H23NO2. The van der Waals surface area contributed by atoms with E-state index in [1.165, 1.54) is 0 Å². The Bertz CT molecular complexity index is 506. The van der Waals surface area contributed by atoms with Gasteiger partial charge >= 0.3 is 0 Å². The van der Waals surface area contributed by atoms with Gasteiger partial charge in [0.25, 0.3) is 5.91 Å². The Morgan fingerprint density at radius 2 is 1.90 bits per heavy atom. The number of amides is 1. The number of carbonyl (C=O) groups excluding carboxylic acids is 1. The number of hydrogen-bond acceptors (Lipinski definition) is 2. The van der Waals surface area contributed by atoms with Crippen LogP contribution < -0.4 is 10.1 Å². The first-order valence-electron chi connectivity index (χ1n) is 6.82. The minimum absolute atomic E-state index is 0.186. The molecule has 1 rings (SSSR count).